The molecule has 1 heterocycles. The molecule has 0 aromatic carbocycles. The summed E-state index contributed by atoms with van der Waals surface area (Å²) in [6, 6.07) is 2.60. The predicted octanol–water partition coefficient (Wildman–Crippen LogP) is 3.57. The summed E-state index contributed by atoms with van der Waals surface area (Å²) in [4.78, 5) is 0. The fraction of sp³-hybridized carbons (Fsp3) is 0.455. The zero-order chi connectivity index (χ0) is 10.4. The lowest BCUT2D eigenvalue weighted by Crippen LogP contribution is -2.15. The molecule has 1 nitrogen and oxygen atoms in total. The highest BCUT2D eigenvalue weighted by Crippen LogP contribution is 2.27. The van der Waals surface area contributed by atoms with Crippen LogP contribution in [0.2, 0.25) is 0 Å². The number of terminal acetylenes is 1. The number of nitrogens with one attached hydrogen (secondary N) is 1. The van der Waals surface area contributed by atoms with Crippen LogP contribution in [-0.4, -0.2) is 7.05 Å². The summed E-state index contributed by atoms with van der Waals surface area (Å²) in [5.41, 5.74) is 1.35. The molecule has 1 atom stereocenters. The quantitative estimate of drug-likeness (QED) is 0.638. The fourth-order valence-corrected chi connectivity index (χ4v) is 2.62. The van der Waals surface area contributed by atoms with Gasteiger partial charge in [-0.2, -0.15) is 0 Å². The maximum atomic E-state index is 5.22. The van der Waals surface area contributed by atoms with Gasteiger partial charge < -0.3 is 5.32 Å². The average Bonchev–Trinajstić information content (AvgIpc) is 2.60. The SMILES string of the molecule is C#CCCCC(NC)c1csc(Br)c1. The Bertz CT molecular complexity index is 313. The maximum absolute atomic E-state index is 5.22. The van der Waals surface area contributed by atoms with Crippen LogP contribution >= 0.6 is 27.3 Å². The molecule has 0 bridgehead atoms. The van der Waals surface area contributed by atoms with Crippen molar-refractivity contribution >= 4 is 27.3 Å². The first-order valence-corrected chi connectivity index (χ1v) is 6.30. The van der Waals surface area contributed by atoms with Gasteiger partial charge in [0.15, 0.2) is 0 Å². The molecule has 1 aromatic heterocycles. The van der Waals surface area contributed by atoms with Crippen LogP contribution in [-0.2, 0) is 0 Å². The number of thiophene rings is 1. The second-order valence-electron chi connectivity index (χ2n) is 3.12. The van der Waals surface area contributed by atoms with E-state index in [2.05, 4.69) is 38.6 Å². The van der Waals surface area contributed by atoms with Crippen molar-refractivity contribution in [3.05, 3.63) is 20.8 Å². The summed E-state index contributed by atoms with van der Waals surface area (Å²) in [6.45, 7) is 0. The fourth-order valence-electron chi connectivity index (χ4n) is 1.39. The molecule has 0 saturated carbocycles. The number of halogens is 1. The van der Waals surface area contributed by atoms with Crippen LogP contribution in [0.3, 0.4) is 0 Å². The molecular weight excluding hydrogens is 258 g/mol. The van der Waals surface area contributed by atoms with Crippen molar-refractivity contribution in [2.45, 2.75) is 25.3 Å². The van der Waals surface area contributed by atoms with Crippen LogP contribution in [0.1, 0.15) is 30.9 Å². The van der Waals surface area contributed by atoms with Gasteiger partial charge in [0.2, 0.25) is 0 Å². The van der Waals surface area contributed by atoms with E-state index in [4.69, 9.17) is 6.42 Å². The van der Waals surface area contributed by atoms with E-state index >= 15 is 0 Å². The molecule has 0 aliphatic heterocycles. The molecule has 3 heteroatoms. The van der Waals surface area contributed by atoms with Gasteiger partial charge >= 0.3 is 0 Å². The van der Waals surface area contributed by atoms with E-state index in [1.165, 1.54) is 9.35 Å². The van der Waals surface area contributed by atoms with Gasteiger partial charge in [0, 0.05) is 12.5 Å². The zero-order valence-corrected chi connectivity index (χ0v) is 10.6. The highest BCUT2D eigenvalue weighted by molar-refractivity contribution is 9.11. The van der Waals surface area contributed by atoms with E-state index in [-0.39, 0.29) is 0 Å². The number of unbranched alkanes of at least 4 members (excludes halogenated alkanes) is 1. The molecular formula is C11H14BrNS. The molecule has 1 unspecified atom stereocenters. The van der Waals surface area contributed by atoms with Gasteiger partial charge in [0.1, 0.15) is 0 Å². The Morgan fingerprint density at radius 3 is 3.00 bits per heavy atom. The Morgan fingerprint density at radius 2 is 2.50 bits per heavy atom. The Balaban J connectivity index is 2.50. The lowest BCUT2D eigenvalue weighted by atomic mass is 10.0. The van der Waals surface area contributed by atoms with Crippen molar-refractivity contribution in [2.24, 2.45) is 0 Å². The smallest absolute Gasteiger partial charge is 0.0701 e. The molecule has 0 amide bonds. The molecule has 1 aromatic rings. The van der Waals surface area contributed by atoms with Crippen molar-refractivity contribution in [2.75, 3.05) is 7.05 Å². The van der Waals surface area contributed by atoms with Crippen molar-refractivity contribution in [1.29, 1.82) is 0 Å². The van der Waals surface area contributed by atoms with E-state index in [1.807, 2.05) is 7.05 Å². The van der Waals surface area contributed by atoms with Gasteiger partial charge in [-0.05, 0) is 52.8 Å². The summed E-state index contributed by atoms with van der Waals surface area (Å²) in [6.07, 6.45) is 8.27. The second-order valence-corrected chi connectivity index (χ2v) is 5.41. The first-order valence-electron chi connectivity index (χ1n) is 4.62. The first-order chi connectivity index (χ1) is 6.77. The van der Waals surface area contributed by atoms with Crippen LogP contribution in [0, 0.1) is 12.3 Å². The Labute approximate surface area is 98.0 Å². The van der Waals surface area contributed by atoms with E-state index in [0.29, 0.717) is 6.04 Å². The van der Waals surface area contributed by atoms with Crippen LogP contribution in [0.15, 0.2) is 15.2 Å². The van der Waals surface area contributed by atoms with Crippen molar-refractivity contribution < 1.29 is 0 Å². The minimum Gasteiger partial charge on any atom is -0.313 e. The summed E-state index contributed by atoms with van der Waals surface area (Å²) in [5, 5.41) is 5.49. The predicted molar refractivity (Wildman–Crippen MR) is 66.5 cm³/mol. The van der Waals surface area contributed by atoms with E-state index in [1.54, 1.807) is 11.3 Å². The number of hydrogen-bond donors (Lipinski definition) is 1. The third-order valence-corrected chi connectivity index (χ3v) is 3.68. The lowest BCUT2D eigenvalue weighted by molar-refractivity contribution is 0.533. The first kappa shape index (κ1) is 11.8. The van der Waals surface area contributed by atoms with Crippen LogP contribution in [0.5, 0.6) is 0 Å². The standard InChI is InChI=1S/C11H14BrNS/c1-3-4-5-6-10(13-2)9-7-11(12)14-8-9/h1,7-8,10,13H,4-6H2,2H3. The molecule has 0 fully saturated rings. The van der Waals surface area contributed by atoms with Crippen LogP contribution < -0.4 is 5.32 Å². The van der Waals surface area contributed by atoms with Crippen molar-refractivity contribution in [1.82, 2.24) is 5.32 Å². The second kappa shape index (κ2) is 6.23. The van der Waals surface area contributed by atoms with E-state index < -0.39 is 0 Å². The Kier molecular flexibility index (Phi) is 5.24. The third kappa shape index (κ3) is 3.45. The molecule has 1 rings (SSSR count). The van der Waals surface area contributed by atoms with Crippen molar-refractivity contribution in [3.8, 4) is 12.3 Å². The molecule has 0 spiro atoms. The zero-order valence-electron chi connectivity index (χ0n) is 8.22. The monoisotopic (exact) mass is 271 g/mol. The molecule has 76 valence electrons. The van der Waals surface area contributed by atoms with Crippen LogP contribution in [0.4, 0.5) is 0 Å². The van der Waals surface area contributed by atoms with Gasteiger partial charge in [-0.25, -0.2) is 0 Å². The highest BCUT2D eigenvalue weighted by atomic mass is 79.9. The average molecular weight is 272 g/mol. The van der Waals surface area contributed by atoms with Gasteiger partial charge in [0.25, 0.3) is 0 Å². The summed E-state index contributed by atoms with van der Waals surface area (Å²) < 4.78 is 1.18. The molecule has 0 radical (unpaired) electrons. The molecule has 14 heavy (non-hydrogen) atoms. The number of rotatable bonds is 5. The van der Waals surface area contributed by atoms with Gasteiger partial charge in [-0.15, -0.1) is 23.7 Å². The Hall–Kier alpha value is -0.300. The Morgan fingerprint density at radius 1 is 1.71 bits per heavy atom. The van der Waals surface area contributed by atoms with Crippen molar-refractivity contribution in [3.63, 3.8) is 0 Å². The summed E-state index contributed by atoms with van der Waals surface area (Å²) in [7, 11) is 1.99. The van der Waals surface area contributed by atoms with Crippen LogP contribution in [0.25, 0.3) is 0 Å². The minimum absolute atomic E-state index is 0.436. The maximum Gasteiger partial charge on any atom is 0.0701 e. The molecule has 0 aliphatic rings. The van der Waals surface area contributed by atoms with Gasteiger partial charge in [-0.1, -0.05) is 0 Å². The highest BCUT2D eigenvalue weighted by Gasteiger charge is 2.09. The van der Waals surface area contributed by atoms with Gasteiger partial charge in [-0.3, -0.25) is 0 Å². The van der Waals surface area contributed by atoms with E-state index in [0.717, 1.165) is 19.3 Å². The largest absolute Gasteiger partial charge is 0.313 e. The molecule has 0 aliphatic carbocycles. The molecule has 0 saturated heterocycles. The summed E-state index contributed by atoms with van der Waals surface area (Å²) >= 11 is 5.19. The lowest BCUT2D eigenvalue weighted by Gasteiger charge is -2.13. The van der Waals surface area contributed by atoms with E-state index in [9.17, 15) is 0 Å². The molecule has 1 N–H and O–H groups in total. The third-order valence-electron chi connectivity index (χ3n) is 2.15. The van der Waals surface area contributed by atoms with Gasteiger partial charge in [0.05, 0.1) is 3.79 Å². The normalized spacial score (nSPS) is 12.4. The summed E-state index contributed by atoms with van der Waals surface area (Å²) in [5.74, 6) is 2.67. The number of hydrogen-bond acceptors (Lipinski definition) is 2. The minimum atomic E-state index is 0.436. The topological polar surface area (TPSA) is 12.0 Å².